The van der Waals surface area contributed by atoms with Crippen molar-refractivity contribution in [1.29, 1.82) is 0 Å². The minimum atomic E-state index is -0.768. The first-order chi connectivity index (χ1) is 10.9. The minimum Gasteiger partial charge on any atom is -0.508 e. The van der Waals surface area contributed by atoms with Crippen molar-refractivity contribution in [2.45, 2.75) is 6.92 Å². The fourth-order valence-corrected chi connectivity index (χ4v) is 2.00. The van der Waals surface area contributed by atoms with Crippen LogP contribution in [0.1, 0.15) is 5.56 Å². The minimum absolute atomic E-state index is 0.103. The van der Waals surface area contributed by atoms with Crippen molar-refractivity contribution in [1.82, 2.24) is 0 Å². The molecule has 0 aliphatic rings. The third-order valence-electron chi connectivity index (χ3n) is 3.31. The van der Waals surface area contributed by atoms with Crippen molar-refractivity contribution in [2.75, 3.05) is 29.6 Å². The summed E-state index contributed by atoms with van der Waals surface area (Å²) in [6.45, 7) is 1.73. The number of hydrogen-bond acceptors (Lipinski definition) is 4. The summed E-state index contributed by atoms with van der Waals surface area (Å²) in [5, 5.41) is 14.4. The molecule has 6 nitrogen and oxygen atoms in total. The SMILES string of the molecule is Cc1cc(O)ccc1NC(=O)C(=O)Nc1ccc(N(C)C)cc1. The van der Waals surface area contributed by atoms with Gasteiger partial charge in [0, 0.05) is 31.2 Å². The van der Waals surface area contributed by atoms with E-state index in [0.29, 0.717) is 16.9 Å². The van der Waals surface area contributed by atoms with Crippen molar-refractivity contribution in [3.8, 4) is 5.75 Å². The average Bonchev–Trinajstić information content (AvgIpc) is 2.50. The molecule has 0 unspecified atom stereocenters. The zero-order chi connectivity index (χ0) is 17.0. The molecule has 0 spiro atoms. The standard InChI is InChI=1S/C17H19N3O3/c1-11-10-14(21)8-9-15(11)19-17(23)16(22)18-12-4-6-13(7-5-12)20(2)3/h4-10,21H,1-3H3,(H,18,22)(H,19,23). The predicted octanol–water partition coefficient (Wildman–Crippen LogP) is 2.34. The molecule has 2 aromatic carbocycles. The number of nitrogens with one attached hydrogen (secondary N) is 2. The van der Waals surface area contributed by atoms with Gasteiger partial charge < -0.3 is 20.6 Å². The lowest BCUT2D eigenvalue weighted by atomic mass is 10.2. The molecule has 0 radical (unpaired) electrons. The first-order valence-electron chi connectivity index (χ1n) is 7.06. The average molecular weight is 313 g/mol. The highest BCUT2D eigenvalue weighted by molar-refractivity contribution is 6.43. The molecule has 2 aromatic rings. The number of phenolic OH excluding ortho intramolecular Hbond substituents is 1. The quantitative estimate of drug-likeness (QED) is 0.600. The van der Waals surface area contributed by atoms with Crippen molar-refractivity contribution in [3.05, 3.63) is 48.0 Å². The fourth-order valence-electron chi connectivity index (χ4n) is 2.00. The monoisotopic (exact) mass is 313 g/mol. The van der Waals surface area contributed by atoms with Crippen LogP contribution in [-0.2, 0) is 9.59 Å². The van der Waals surface area contributed by atoms with Gasteiger partial charge in [-0.25, -0.2) is 0 Å². The summed E-state index contributed by atoms with van der Waals surface area (Å²) in [6.07, 6.45) is 0. The van der Waals surface area contributed by atoms with Crippen LogP contribution in [0.25, 0.3) is 0 Å². The van der Waals surface area contributed by atoms with Gasteiger partial charge in [0.2, 0.25) is 0 Å². The van der Waals surface area contributed by atoms with Crippen LogP contribution in [0.15, 0.2) is 42.5 Å². The molecular formula is C17H19N3O3. The summed E-state index contributed by atoms with van der Waals surface area (Å²) >= 11 is 0. The molecular weight excluding hydrogens is 294 g/mol. The molecule has 0 aliphatic heterocycles. The van der Waals surface area contributed by atoms with E-state index in [4.69, 9.17) is 0 Å². The van der Waals surface area contributed by atoms with Crippen LogP contribution in [0, 0.1) is 6.92 Å². The Morgan fingerprint density at radius 2 is 1.57 bits per heavy atom. The van der Waals surface area contributed by atoms with E-state index in [2.05, 4.69) is 10.6 Å². The van der Waals surface area contributed by atoms with E-state index in [1.165, 1.54) is 12.1 Å². The number of phenols is 1. The summed E-state index contributed by atoms with van der Waals surface area (Å²) in [5.74, 6) is -1.42. The number of aromatic hydroxyl groups is 1. The normalized spacial score (nSPS) is 10.0. The van der Waals surface area contributed by atoms with Crippen LogP contribution < -0.4 is 15.5 Å². The van der Waals surface area contributed by atoms with Gasteiger partial charge in [-0.15, -0.1) is 0 Å². The molecule has 2 amide bonds. The number of benzene rings is 2. The first kappa shape index (κ1) is 16.4. The van der Waals surface area contributed by atoms with Gasteiger partial charge in [-0.3, -0.25) is 9.59 Å². The Bertz CT molecular complexity index is 724. The van der Waals surface area contributed by atoms with E-state index in [-0.39, 0.29) is 5.75 Å². The predicted molar refractivity (Wildman–Crippen MR) is 90.9 cm³/mol. The summed E-state index contributed by atoms with van der Waals surface area (Å²) in [4.78, 5) is 25.8. The van der Waals surface area contributed by atoms with Crippen LogP contribution in [0.5, 0.6) is 5.75 Å². The second kappa shape index (κ2) is 6.83. The van der Waals surface area contributed by atoms with Gasteiger partial charge >= 0.3 is 11.8 Å². The molecule has 23 heavy (non-hydrogen) atoms. The number of aryl methyl sites for hydroxylation is 1. The highest BCUT2D eigenvalue weighted by atomic mass is 16.3. The van der Waals surface area contributed by atoms with E-state index in [9.17, 15) is 14.7 Å². The molecule has 0 saturated heterocycles. The van der Waals surface area contributed by atoms with E-state index in [1.54, 1.807) is 25.1 Å². The Kier molecular flexibility index (Phi) is 4.85. The first-order valence-corrected chi connectivity index (χ1v) is 7.06. The molecule has 0 aliphatic carbocycles. The lowest BCUT2D eigenvalue weighted by Crippen LogP contribution is -2.29. The molecule has 0 fully saturated rings. The van der Waals surface area contributed by atoms with Gasteiger partial charge in [-0.2, -0.15) is 0 Å². The van der Waals surface area contributed by atoms with E-state index < -0.39 is 11.8 Å². The topological polar surface area (TPSA) is 81.7 Å². The zero-order valence-corrected chi connectivity index (χ0v) is 13.3. The summed E-state index contributed by atoms with van der Waals surface area (Å²) in [5.41, 5.74) is 2.68. The number of hydrogen-bond donors (Lipinski definition) is 3. The van der Waals surface area contributed by atoms with Gasteiger partial charge in [-0.05, 0) is 55.0 Å². The molecule has 0 saturated carbocycles. The second-order valence-corrected chi connectivity index (χ2v) is 5.35. The summed E-state index contributed by atoms with van der Waals surface area (Å²) in [6, 6.07) is 11.6. The van der Waals surface area contributed by atoms with E-state index in [0.717, 1.165) is 5.69 Å². The number of amides is 2. The molecule has 2 rings (SSSR count). The molecule has 0 atom stereocenters. The molecule has 6 heteroatoms. The number of carbonyl (C=O) groups is 2. The summed E-state index contributed by atoms with van der Waals surface area (Å²) < 4.78 is 0. The molecule has 0 aromatic heterocycles. The Labute approximate surface area is 134 Å². The highest BCUT2D eigenvalue weighted by Crippen LogP contribution is 2.20. The van der Waals surface area contributed by atoms with Crippen LogP contribution in [0.4, 0.5) is 17.1 Å². The van der Waals surface area contributed by atoms with E-state index >= 15 is 0 Å². The zero-order valence-electron chi connectivity index (χ0n) is 13.3. The molecule has 3 N–H and O–H groups in total. The van der Waals surface area contributed by atoms with Gasteiger partial charge in [0.1, 0.15) is 5.75 Å². The third kappa shape index (κ3) is 4.23. The number of carbonyl (C=O) groups excluding carboxylic acids is 2. The maximum absolute atomic E-state index is 11.9. The van der Waals surface area contributed by atoms with Crippen molar-refractivity contribution < 1.29 is 14.7 Å². The van der Waals surface area contributed by atoms with Gasteiger partial charge in [0.15, 0.2) is 0 Å². The van der Waals surface area contributed by atoms with Crippen molar-refractivity contribution in [3.63, 3.8) is 0 Å². The molecule has 0 heterocycles. The lowest BCUT2D eigenvalue weighted by molar-refractivity contribution is -0.133. The largest absolute Gasteiger partial charge is 0.508 e. The van der Waals surface area contributed by atoms with Crippen LogP contribution in [0.2, 0.25) is 0 Å². The molecule has 120 valence electrons. The van der Waals surface area contributed by atoms with Gasteiger partial charge in [0.25, 0.3) is 0 Å². The van der Waals surface area contributed by atoms with Crippen LogP contribution >= 0.6 is 0 Å². The Morgan fingerprint density at radius 3 is 2.13 bits per heavy atom. The highest BCUT2D eigenvalue weighted by Gasteiger charge is 2.15. The van der Waals surface area contributed by atoms with Gasteiger partial charge in [-0.1, -0.05) is 0 Å². The van der Waals surface area contributed by atoms with E-state index in [1.807, 2.05) is 31.1 Å². The third-order valence-corrected chi connectivity index (χ3v) is 3.31. The van der Waals surface area contributed by atoms with Crippen LogP contribution in [0.3, 0.4) is 0 Å². The second-order valence-electron chi connectivity index (χ2n) is 5.35. The van der Waals surface area contributed by atoms with Crippen molar-refractivity contribution >= 4 is 28.9 Å². The maximum Gasteiger partial charge on any atom is 0.314 e. The lowest BCUT2D eigenvalue weighted by Gasteiger charge is -2.13. The Morgan fingerprint density at radius 1 is 0.957 bits per heavy atom. The number of nitrogens with zero attached hydrogens (tertiary/aromatic N) is 1. The maximum atomic E-state index is 11.9. The number of anilines is 3. The van der Waals surface area contributed by atoms with Gasteiger partial charge in [0.05, 0.1) is 0 Å². The Hall–Kier alpha value is -3.02. The molecule has 0 bridgehead atoms. The van der Waals surface area contributed by atoms with Crippen LogP contribution in [-0.4, -0.2) is 31.0 Å². The van der Waals surface area contributed by atoms with Crippen molar-refractivity contribution in [2.24, 2.45) is 0 Å². The number of rotatable bonds is 3. The Balaban J connectivity index is 2.01. The smallest absolute Gasteiger partial charge is 0.314 e. The fraction of sp³-hybridized carbons (Fsp3) is 0.176. The summed E-state index contributed by atoms with van der Waals surface area (Å²) in [7, 11) is 3.84.